The van der Waals surface area contributed by atoms with Crippen LogP contribution in [0.25, 0.3) is 0 Å². The lowest BCUT2D eigenvalue weighted by Crippen LogP contribution is -2.47. The first-order chi connectivity index (χ1) is 8.99. The molecule has 2 atom stereocenters. The summed E-state index contributed by atoms with van der Waals surface area (Å²) in [5, 5.41) is 1.54. The van der Waals surface area contributed by atoms with Gasteiger partial charge in [0.05, 0.1) is 18.3 Å². The highest BCUT2D eigenvalue weighted by Crippen LogP contribution is 2.41. The summed E-state index contributed by atoms with van der Waals surface area (Å²) in [6.45, 7) is 2.65. The lowest BCUT2D eigenvalue weighted by molar-refractivity contribution is 0.180. The van der Waals surface area contributed by atoms with Gasteiger partial charge in [-0.2, -0.15) is 0 Å². The summed E-state index contributed by atoms with van der Waals surface area (Å²) in [7, 11) is 0. The Balaban J connectivity index is 2.09. The van der Waals surface area contributed by atoms with Crippen LogP contribution < -0.4 is 15.4 Å². The molecule has 100 valence electrons. The summed E-state index contributed by atoms with van der Waals surface area (Å²) in [6, 6.07) is 5.61. The molecule has 1 aromatic carbocycles. The van der Waals surface area contributed by atoms with Crippen molar-refractivity contribution in [3.05, 3.63) is 23.2 Å². The second kappa shape index (κ2) is 4.47. The molecule has 2 aliphatic heterocycles. The van der Waals surface area contributed by atoms with E-state index in [4.69, 9.17) is 46.5 Å². The number of halogens is 1. The number of hydrogen-bond donors (Lipinski definition) is 1. The third-order valence-corrected chi connectivity index (χ3v) is 4.31. The van der Waals surface area contributed by atoms with Gasteiger partial charge in [0.1, 0.15) is 11.9 Å². The van der Waals surface area contributed by atoms with Crippen LogP contribution in [-0.2, 0) is 0 Å². The summed E-state index contributed by atoms with van der Waals surface area (Å²) in [5.41, 5.74) is 6.59. The average molecular weight is 314 g/mol. The van der Waals surface area contributed by atoms with Crippen molar-refractivity contribution in [1.82, 2.24) is 4.90 Å². The maximum Gasteiger partial charge on any atom is 0.183 e. The average Bonchev–Trinajstić information content (AvgIpc) is 2.69. The zero-order chi connectivity index (χ0) is 13.7. The summed E-state index contributed by atoms with van der Waals surface area (Å²) < 4.78 is 5.91. The van der Waals surface area contributed by atoms with E-state index in [-0.39, 0.29) is 17.3 Å². The van der Waals surface area contributed by atoms with E-state index in [1.807, 2.05) is 24.0 Å². The number of nitrogens with two attached hydrogens (primary N) is 1. The molecular weight excluding hydrogens is 302 g/mol. The van der Waals surface area contributed by atoms with Crippen LogP contribution in [0, 0.1) is 0 Å². The van der Waals surface area contributed by atoms with Crippen molar-refractivity contribution in [2.45, 2.75) is 19.1 Å². The molecule has 4 nitrogen and oxygen atoms in total. The highest BCUT2D eigenvalue weighted by atomic mass is 35.5. The molecule has 2 aliphatic rings. The van der Waals surface area contributed by atoms with Crippen LogP contribution in [0.2, 0.25) is 5.02 Å². The lowest BCUT2D eigenvalue weighted by atomic mass is 10.1. The molecule has 0 amide bonds. The standard InChI is InChI=1S/C12H12ClN3OS2/c1-6-9-5-15(11(14)18)12(19)16(9)8-4-7(13)2-3-10(8)17-6/h2-4,6,9H,5H2,1H3,(H2,14,18). The minimum atomic E-state index is 0.00553. The van der Waals surface area contributed by atoms with E-state index in [1.54, 1.807) is 11.0 Å². The summed E-state index contributed by atoms with van der Waals surface area (Å²) in [5.74, 6) is 0.778. The monoisotopic (exact) mass is 313 g/mol. The first-order valence-electron chi connectivity index (χ1n) is 5.85. The Morgan fingerprint density at radius 3 is 2.95 bits per heavy atom. The van der Waals surface area contributed by atoms with Gasteiger partial charge in [0.2, 0.25) is 0 Å². The van der Waals surface area contributed by atoms with Gasteiger partial charge in [0, 0.05) is 5.02 Å². The van der Waals surface area contributed by atoms with Crippen molar-refractivity contribution >= 4 is 51.9 Å². The van der Waals surface area contributed by atoms with Gasteiger partial charge in [-0.3, -0.25) is 4.90 Å². The fraction of sp³-hybridized carbons (Fsp3) is 0.333. The fourth-order valence-corrected chi connectivity index (χ4v) is 3.29. The topological polar surface area (TPSA) is 41.7 Å². The van der Waals surface area contributed by atoms with Gasteiger partial charge in [-0.15, -0.1) is 0 Å². The maximum atomic E-state index is 6.06. The number of ether oxygens (including phenoxy) is 1. The zero-order valence-corrected chi connectivity index (χ0v) is 12.6. The Hall–Kier alpha value is -1.11. The molecule has 2 N–H and O–H groups in total. The van der Waals surface area contributed by atoms with E-state index in [2.05, 4.69) is 0 Å². The van der Waals surface area contributed by atoms with E-state index in [1.165, 1.54) is 0 Å². The second-order valence-corrected chi connectivity index (χ2v) is 5.82. The van der Waals surface area contributed by atoms with E-state index >= 15 is 0 Å². The molecule has 0 aromatic heterocycles. The third-order valence-electron chi connectivity index (χ3n) is 3.44. The SMILES string of the molecule is CC1Oc2ccc(Cl)cc2N2C(=S)N(C(N)=S)CC12. The molecule has 0 radical (unpaired) electrons. The van der Waals surface area contributed by atoms with Gasteiger partial charge in [0.15, 0.2) is 10.2 Å². The van der Waals surface area contributed by atoms with Crippen LogP contribution in [-0.4, -0.2) is 33.8 Å². The second-order valence-electron chi connectivity index (χ2n) is 4.60. The van der Waals surface area contributed by atoms with Gasteiger partial charge in [-0.05, 0) is 49.6 Å². The molecule has 0 spiro atoms. The fourth-order valence-electron chi connectivity index (χ4n) is 2.50. The highest BCUT2D eigenvalue weighted by Gasteiger charge is 2.44. The molecule has 0 aliphatic carbocycles. The summed E-state index contributed by atoms with van der Waals surface area (Å²) in [4.78, 5) is 3.79. The number of fused-ring (bicyclic) bond motifs is 3. The summed E-state index contributed by atoms with van der Waals surface area (Å²) in [6.07, 6.45) is 0.00553. The van der Waals surface area contributed by atoms with Gasteiger partial charge in [0.25, 0.3) is 0 Å². The van der Waals surface area contributed by atoms with Gasteiger partial charge < -0.3 is 15.4 Å². The Labute approximate surface area is 127 Å². The van der Waals surface area contributed by atoms with Crippen LogP contribution in [0.1, 0.15) is 6.92 Å². The first-order valence-corrected chi connectivity index (χ1v) is 7.05. The minimum Gasteiger partial charge on any atom is -0.486 e. The molecule has 1 fully saturated rings. The summed E-state index contributed by atoms with van der Waals surface area (Å²) >= 11 is 16.6. The highest BCUT2D eigenvalue weighted by molar-refractivity contribution is 7.82. The van der Waals surface area contributed by atoms with Crippen LogP contribution in [0.5, 0.6) is 5.75 Å². The number of nitrogens with zero attached hydrogens (tertiary/aromatic N) is 2. The maximum absolute atomic E-state index is 6.06. The molecule has 0 bridgehead atoms. The lowest BCUT2D eigenvalue weighted by Gasteiger charge is -2.36. The molecule has 0 saturated carbocycles. The first kappa shape index (κ1) is 12.9. The molecule has 2 unspecified atom stereocenters. The van der Waals surface area contributed by atoms with Crippen LogP contribution in [0.4, 0.5) is 5.69 Å². The van der Waals surface area contributed by atoms with Crippen molar-refractivity contribution in [1.29, 1.82) is 0 Å². The molecule has 2 heterocycles. The van der Waals surface area contributed by atoms with Crippen LogP contribution in [0.3, 0.4) is 0 Å². The predicted octanol–water partition coefficient (Wildman–Crippen LogP) is 2.14. The van der Waals surface area contributed by atoms with Gasteiger partial charge >= 0.3 is 0 Å². The zero-order valence-electron chi connectivity index (χ0n) is 10.2. The number of benzene rings is 1. The number of hydrogen-bond acceptors (Lipinski definition) is 3. The van der Waals surface area contributed by atoms with Gasteiger partial charge in [-0.1, -0.05) is 11.6 Å². The molecule has 7 heteroatoms. The molecular formula is C12H12ClN3OS2. The van der Waals surface area contributed by atoms with Crippen molar-refractivity contribution < 1.29 is 4.74 Å². The Bertz CT molecular complexity index is 580. The van der Waals surface area contributed by atoms with Crippen LogP contribution in [0.15, 0.2) is 18.2 Å². The largest absolute Gasteiger partial charge is 0.486 e. The Morgan fingerprint density at radius 1 is 1.53 bits per heavy atom. The smallest absolute Gasteiger partial charge is 0.183 e. The molecule has 3 rings (SSSR count). The minimum absolute atomic E-state index is 0.00553. The quantitative estimate of drug-likeness (QED) is 0.740. The molecule has 1 saturated heterocycles. The van der Waals surface area contributed by atoms with Crippen molar-refractivity contribution in [3.63, 3.8) is 0 Å². The molecule has 19 heavy (non-hydrogen) atoms. The number of thiocarbonyl (C=S) groups is 2. The van der Waals surface area contributed by atoms with Gasteiger partial charge in [-0.25, -0.2) is 0 Å². The predicted molar refractivity (Wildman–Crippen MR) is 83.9 cm³/mol. The van der Waals surface area contributed by atoms with E-state index < -0.39 is 0 Å². The Kier molecular flexibility index (Phi) is 3.03. The van der Waals surface area contributed by atoms with Crippen LogP contribution >= 0.6 is 36.0 Å². The van der Waals surface area contributed by atoms with Crippen molar-refractivity contribution in [2.75, 3.05) is 11.4 Å². The van der Waals surface area contributed by atoms with Crippen molar-refractivity contribution in [3.8, 4) is 5.75 Å². The number of rotatable bonds is 0. The normalized spacial score (nSPS) is 24.8. The van der Waals surface area contributed by atoms with E-state index in [0.717, 1.165) is 11.4 Å². The number of anilines is 1. The van der Waals surface area contributed by atoms with E-state index in [0.29, 0.717) is 16.7 Å². The molecule has 1 aromatic rings. The van der Waals surface area contributed by atoms with Crippen molar-refractivity contribution in [2.24, 2.45) is 5.73 Å². The third kappa shape index (κ3) is 1.94. The Morgan fingerprint density at radius 2 is 2.26 bits per heavy atom. The van der Waals surface area contributed by atoms with E-state index in [9.17, 15) is 0 Å².